The summed E-state index contributed by atoms with van der Waals surface area (Å²) in [7, 11) is 0. The average Bonchev–Trinajstić information content (AvgIpc) is 2.05. The fraction of sp³-hybridized carbons (Fsp3) is 0.750. The lowest BCUT2D eigenvalue weighted by Gasteiger charge is -2.14. The van der Waals surface area contributed by atoms with Crippen molar-refractivity contribution in [3.8, 4) is 0 Å². The van der Waals surface area contributed by atoms with E-state index in [1.807, 2.05) is 6.92 Å². The standard InChI is InChI=1S/C6H12O2.C2H4O3S/c1-4-6(2,3)5(7)8;3-1(4)2(5)6/h4H2,1-3H3,(H,7,8);2,5-6H,(H,3,4). The van der Waals surface area contributed by atoms with Crippen LogP contribution in [-0.2, 0) is 9.59 Å². The summed E-state index contributed by atoms with van der Waals surface area (Å²) in [5, 5.41) is 24.0. The number of aliphatic hydroxyl groups is 1. The Balaban J connectivity index is 0. The molecule has 6 heteroatoms. The van der Waals surface area contributed by atoms with E-state index in [-0.39, 0.29) is 0 Å². The van der Waals surface area contributed by atoms with Gasteiger partial charge in [-0.3, -0.25) is 4.79 Å². The highest BCUT2D eigenvalue weighted by molar-refractivity contribution is 7.81. The molecule has 0 saturated carbocycles. The Morgan fingerprint density at radius 1 is 1.36 bits per heavy atom. The van der Waals surface area contributed by atoms with Crippen LogP contribution < -0.4 is 0 Å². The second-order valence-corrected chi connectivity index (χ2v) is 3.74. The van der Waals surface area contributed by atoms with Gasteiger partial charge in [0.15, 0.2) is 5.44 Å². The number of aliphatic carboxylic acids is 2. The van der Waals surface area contributed by atoms with Crippen LogP contribution in [0.1, 0.15) is 27.2 Å². The first-order valence-corrected chi connectivity index (χ1v) is 4.49. The molecule has 0 aromatic rings. The highest BCUT2D eigenvalue weighted by Crippen LogP contribution is 2.18. The Bertz CT molecular complexity index is 200. The Morgan fingerprint density at radius 2 is 1.64 bits per heavy atom. The van der Waals surface area contributed by atoms with Crippen LogP contribution in [0.3, 0.4) is 0 Å². The molecular formula is C8H16O5S. The third kappa shape index (κ3) is 7.88. The molecule has 0 bridgehead atoms. The Labute approximate surface area is 88.2 Å². The number of thiol groups is 1. The molecule has 5 nitrogen and oxygen atoms in total. The summed E-state index contributed by atoms with van der Waals surface area (Å²) in [6.45, 7) is 5.30. The molecule has 84 valence electrons. The van der Waals surface area contributed by atoms with E-state index in [1.54, 1.807) is 13.8 Å². The van der Waals surface area contributed by atoms with Crippen molar-refractivity contribution in [1.82, 2.24) is 0 Å². The summed E-state index contributed by atoms with van der Waals surface area (Å²) in [4.78, 5) is 19.6. The van der Waals surface area contributed by atoms with Gasteiger partial charge in [-0.15, -0.1) is 12.6 Å². The molecule has 1 atom stereocenters. The molecular weight excluding hydrogens is 208 g/mol. The van der Waals surface area contributed by atoms with E-state index >= 15 is 0 Å². The number of carbonyl (C=O) groups is 2. The fourth-order valence-electron chi connectivity index (χ4n) is 0.151. The van der Waals surface area contributed by atoms with Crippen molar-refractivity contribution in [2.45, 2.75) is 32.6 Å². The Kier molecular flexibility index (Phi) is 7.48. The third-order valence-electron chi connectivity index (χ3n) is 1.68. The summed E-state index contributed by atoms with van der Waals surface area (Å²) in [5.74, 6) is -2.04. The molecule has 14 heavy (non-hydrogen) atoms. The first kappa shape index (κ1) is 15.7. The van der Waals surface area contributed by atoms with Crippen molar-refractivity contribution in [2.24, 2.45) is 5.41 Å². The van der Waals surface area contributed by atoms with Crippen molar-refractivity contribution in [3.05, 3.63) is 0 Å². The minimum absolute atomic E-state index is 0.542. The van der Waals surface area contributed by atoms with Gasteiger partial charge in [-0.05, 0) is 20.3 Å². The van der Waals surface area contributed by atoms with Crippen LogP contribution in [-0.4, -0.2) is 32.7 Å². The van der Waals surface area contributed by atoms with E-state index < -0.39 is 22.8 Å². The lowest BCUT2D eigenvalue weighted by Crippen LogP contribution is -2.21. The fourth-order valence-corrected chi connectivity index (χ4v) is 0.151. The van der Waals surface area contributed by atoms with Crippen molar-refractivity contribution >= 4 is 24.6 Å². The summed E-state index contributed by atoms with van der Waals surface area (Å²) in [5.41, 5.74) is -2.08. The van der Waals surface area contributed by atoms with Gasteiger partial charge in [0.2, 0.25) is 0 Å². The highest BCUT2D eigenvalue weighted by atomic mass is 32.1. The van der Waals surface area contributed by atoms with E-state index in [4.69, 9.17) is 15.3 Å². The topological polar surface area (TPSA) is 94.8 Å². The molecule has 0 aliphatic carbocycles. The minimum atomic E-state index is -1.54. The molecule has 3 N–H and O–H groups in total. The minimum Gasteiger partial charge on any atom is -0.481 e. The zero-order valence-electron chi connectivity index (χ0n) is 8.39. The van der Waals surface area contributed by atoms with Crippen LogP contribution in [0.25, 0.3) is 0 Å². The maximum absolute atomic E-state index is 10.3. The monoisotopic (exact) mass is 224 g/mol. The largest absolute Gasteiger partial charge is 0.481 e. The molecule has 1 unspecified atom stereocenters. The van der Waals surface area contributed by atoms with Crippen molar-refractivity contribution in [3.63, 3.8) is 0 Å². The van der Waals surface area contributed by atoms with E-state index in [0.29, 0.717) is 6.42 Å². The first-order valence-electron chi connectivity index (χ1n) is 3.97. The number of hydrogen-bond donors (Lipinski definition) is 4. The number of rotatable bonds is 3. The van der Waals surface area contributed by atoms with E-state index in [2.05, 4.69) is 12.6 Å². The van der Waals surface area contributed by atoms with Gasteiger partial charge in [0.25, 0.3) is 0 Å². The van der Waals surface area contributed by atoms with Crippen LogP contribution in [0.15, 0.2) is 0 Å². The maximum atomic E-state index is 10.3. The summed E-state index contributed by atoms with van der Waals surface area (Å²) < 4.78 is 0. The van der Waals surface area contributed by atoms with Gasteiger partial charge in [-0.2, -0.15) is 0 Å². The number of carboxylic acid groups (broad SMARTS) is 2. The van der Waals surface area contributed by atoms with E-state index in [1.165, 1.54) is 0 Å². The van der Waals surface area contributed by atoms with Gasteiger partial charge in [0.05, 0.1) is 5.41 Å². The lowest BCUT2D eigenvalue weighted by atomic mass is 9.91. The van der Waals surface area contributed by atoms with Crippen LogP contribution in [0.5, 0.6) is 0 Å². The maximum Gasteiger partial charge on any atom is 0.342 e. The quantitative estimate of drug-likeness (QED) is 0.420. The van der Waals surface area contributed by atoms with Gasteiger partial charge in [0.1, 0.15) is 0 Å². The third-order valence-corrected chi connectivity index (χ3v) is 1.90. The van der Waals surface area contributed by atoms with Crippen LogP contribution in [0.2, 0.25) is 0 Å². The normalized spacial score (nSPS) is 12.4. The molecule has 0 fully saturated rings. The zero-order valence-corrected chi connectivity index (χ0v) is 9.28. The van der Waals surface area contributed by atoms with E-state index in [0.717, 1.165) is 0 Å². The molecule has 0 rings (SSSR count). The smallest absolute Gasteiger partial charge is 0.342 e. The first-order chi connectivity index (χ1) is 6.15. The number of hydrogen-bond acceptors (Lipinski definition) is 4. The molecule has 0 aromatic carbocycles. The molecule has 0 aliphatic rings. The molecule has 0 aliphatic heterocycles. The number of aliphatic hydroxyl groups excluding tert-OH is 1. The predicted molar refractivity (Wildman–Crippen MR) is 54.3 cm³/mol. The van der Waals surface area contributed by atoms with Gasteiger partial charge >= 0.3 is 11.9 Å². The van der Waals surface area contributed by atoms with Crippen molar-refractivity contribution in [2.75, 3.05) is 0 Å². The average molecular weight is 224 g/mol. The van der Waals surface area contributed by atoms with Gasteiger partial charge in [-0.1, -0.05) is 6.92 Å². The zero-order chi connectivity index (χ0) is 11.9. The predicted octanol–water partition coefficient (Wildman–Crippen LogP) is 0.826. The summed E-state index contributed by atoms with van der Waals surface area (Å²) >= 11 is 3.15. The van der Waals surface area contributed by atoms with Crippen molar-refractivity contribution in [1.29, 1.82) is 0 Å². The van der Waals surface area contributed by atoms with Crippen LogP contribution >= 0.6 is 12.6 Å². The van der Waals surface area contributed by atoms with Crippen LogP contribution in [0, 0.1) is 5.41 Å². The second kappa shape index (κ2) is 6.67. The summed E-state index contributed by atoms with van der Waals surface area (Å²) in [6.07, 6.45) is 0.683. The van der Waals surface area contributed by atoms with Gasteiger partial charge < -0.3 is 15.3 Å². The lowest BCUT2D eigenvalue weighted by molar-refractivity contribution is -0.147. The SMILES string of the molecule is CCC(C)(C)C(=O)O.O=C(O)C(O)S. The Morgan fingerprint density at radius 3 is 1.64 bits per heavy atom. The molecule has 0 heterocycles. The van der Waals surface area contributed by atoms with Gasteiger partial charge in [-0.25, -0.2) is 4.79 Å². The second-order valence-electron chi connectivity index (χ2n) is 3.25. The summed E-state index contributed by atoms with van der Waals surface area (Å²) in [6, 6.07) is 0. The van der Waals surface area contributed by atoms with Crippen LogP contribution in [0.4, 0.5) is 0 Å². The molecule has 0 saturated heterocycles. The highest BCUT2D eigenvalue weighted by Gasteiger charge is 2.23. The van der Waals surface area contributed by atoms with Crippen molar-refractivity contribution < 1.29 is 24.9 Å². The van der Waals surface area contributed by atoms with Gasteiger partial charge in [0, 0.05) is 0 Å². The number of carboxylic acids is 2. The Hall–Kier alpha value is -0.750. The molecule has 0 aromatic heterocycles. The molecule has 0 spiro atoms. The molecule has 0 radical (unpaired) electrons. The van der Waals surface area contributed by atoms with E-state index in [9.17, 15) is 9.59 Å². The molecule has 0 amide bonds.